The first-order chi connectivity index (χ1) is 15.8. The number of fused-ring (bicyclic) bond motifs is 2. The molecule has 1 spiro atoms. The Morgan fingerprint density at radius 2 is 2.00 bits per heavy atom. The summed E-state index contributed by atoms with van der Waals surface area (Å²) in [4.78, 5) is 53.0. The van der Waals surface area contributed by atoms with Crippen LogP contribution in [0.15, 0.2) is 48.5 Å². The Balaban J connectivity index is 1.40. The number of carbonyl (C=O) groups is 4. The van der Waals surface area contributed by atoms with Gasteiger partial charge in [-0.25, -0.2) is 4.79 Å². The number of likely N-dealkylation sites (N-methyl/N-ethyl adjacent to an activating group) is 1. The smallest absolute Gasteiger partial charge is 0.325 e. The summed E-state index contributed by atoms with van der Waals surface area (Å²) in [5.74, 6) is -0.370. The maximum atomic E-state index is 13.3. The summed E-state index contributed by atoms with van der Waals surface area (Å²) in [5, 5.41) is 5.43. The summed E-state index contributed by atoms with van der Waals surface area (Å²) >= 11 is 0. The summed E-state index contributed by atoms with van der Waals surface area (Å²) in [6, 6.07) is 13.2. The molecule has 2 N–H and O–H groups in total. The Bertz CT molecular complexity index is 1120. The van der Waals surface area contributed by atoms with Gasteiger partial charge in [-0.05, 0) is 18.2 Å². The second-order valence-electron chi connectivity index (χ2n) is 7.85. The molecule has 2 aliphatic rings. The second kappa shape index (κ2) is 8.81. The van der Waals surface area contributed by atoms with Crippen molar-refractivity contribution in [1.82, 2.24) is 15.1 Å². The lowest BCUT2D eigenvalue weighted by Crippen LogP contribution is -2.48. The second-order valence-corrected chi connectivity index (χ2v) is 7.85. The van der Waals surface area contributed by atoms with Crippen molar-refractivity contribution in [1.29, 1.82) is 0 Å². The molecule has 0 saturated carbocycles. The molecule has 172 valence electrons. The molecule has 0 bridgehead atoms. The van der Waals surface area contributed by atoms with Crippen LogP contribution in [0.1, 0.15) is 12.0 Å². The first kappa shape index (κ1) is 22.1. The van der Waals surface area contributed by atoms with E-state index in [0.717, 1.165) is 4.90 Å². The van der Waals surface area contributed by atoms with Gasteiger partial charge in [0.15, 0.2) is 5.54 Å². The van der Waals surface area contributed by atoms with Crippen molar-refractivity contribution in [2.24, 2.45) is 0 Å². The van der Waals surface area contributed by atoms with Crippen LogP contribution in [0.5, 0.6) is 11.5 Å². The van der Waals surface area contributed by atoms with Crippen LogP contribution in [0.2, 0.25) is 0 Å². The Kier molecular flexibility index (Phi) is 5.91. The third-order valence-corrected chi connectivity index (χ3v) is 5.71. The van der Waals surface area contributed by atoms with Gasteiger partial charge in [0, 0.05) is 30.8 Å². The van der Waals surface area contributed by atoms with Gasteiger partial charge in [-0.15, -0.1) is 0 Å². The number of benzene rings is 2. The third-order valence-electron chi connectivity index (χ3n) is 5.71. The number of urea groups is 1. The lowest BCUT2D eigenvalue weighted by molar-refractivity contribution is -0.139. The highest BCUT2D eigenvalue weighted by Gasteiger charge is 2.55. The van der Waals surface area contributed by atoms with Crippen LogP contribution < -0.4 is 20.1 Å². The van der Waals surface area contributed by atoms with Crippen molar-refractivity contribution < 1.29 is 28.7 Å². The van der Waals surface area contributed by atoms with Crippen LogP contribution in [-0.4, -0.2) is 67.4 Å². The molecule has 4 rings (SSSR count). The van der Waals surface area contributed by atoms with Gasteiger partial charge in [-0.2, -0.15) is 0 Å². The normalized spacial score (nSPS) is 18.9. The van der Waals surface area contributed by atoms with E-state index in [1.54, 1.807) is 48.5 Å². The van der Waals surface area contributed by atoms with Crippen molar-refractivity contribution in [2.75, 3.05) is 39.2 Å². The van der Waals surface area contributed by atoms with E-state index in [9.17, 15) is 19.2 Å². The molecule has 10 heteroatoms. The molecule has 10 nitrogen and oxygen atoms in total. The first-order valence-corrected chi connectivity index (χ1v) is 10.4. The first-order valence-electron chi connectivity index (χ1n) is 10.4. The highest BCUT2D eigenvalue weighted by molar-refractivity contribution is 6.10. The molecule has 1 unspecified atom stereocenters. The number of nitrogens with one attached hydrogen (secondary N) is 2. The summed E-state index contributed by atoms with van der Waals surface area (Å²) in [7, 11) is 2.96. The highest BCUT2D eigenvalue weighted by atomic mass is 16.5. The average molecular weight is 452 g/mol. The monoisotopic (exact) mass is 452 g/mol. The zero-order chi connectivity index (χ0) is 23.6. The molecule has 2 aliphatic heterocycles. The molecule has 2 aromatic carbocycles. The largest absolute Gasteiger partial charge is 0.497 e. The van der Waals surface area contributed by atoms with E-state index in [4.69, 9.17) is 9.47 Å². The number of hydrogen-bond donors (Lipinski definition) is 2. The molecule has 0 radical (unpaired) electrons. The molecular weight excluding hydrogens is 428 g/mol. The molecule has 0 aromatic heterocycles. The summed E-state index contributed by atoms with van der Waals surface area (Å²) in [6.45, 7) is -0.463. The van der Waals surface area contributed by atoms with Crippen LogP contribution in [0.25, 0.3) is 0 Å². The number of hydrogen-bond acceptors (Lipinski definition) is 6. The fourth-order valence-corrected chi connectivity index (χ4v) is 3.98. The third kappa shape index (κ3) is 4.19. The summed E-state index contributed by atoms with van der Waals surface area (Å²) in [5.41, 5.74) is -0.167. The Morgan fingerprint density at radius 3 is 2.79 bits per heavy atom. The molecule has 1 saturated heterocycles. The standard InChI is InChI=1S/C23H24N4O6/c1-26(13-19(28)24-15-6-5-7-16(12-15)32-2)20(29)14-27-21(30)23(25-22(27)31)10-11-33-18-9-4-3-8-17(18)23/h3-9,12H,10-11,13-14H2,1-2H3,(H,24,28)(H,25,31). The van der Waals surface area contributed by atoms with Crippen molar-refractivity contribution in [3.63, 3.8) is 0 Å². The van der Waals surface area contributed by atoms with Gasteiger partial charge < -0.3 is 25.0 Å². The van der Waals surface area contributed by atoms with Crippen LogP contribution in [-0.2, 0) is 19.9 Å². The average Bonchev–Trinajstić information content (AvgIpc) is 3.04. The Hall–Kier alpha value is -4.08. The molecular formula is C23H24N4O6. The lowest BCUT2D eigenvalue weighted by Gasteiger charge is -2.33. The minimum atomic E-state index is -1.26. The van der Waals surface area contributed by atoms with Gasteiger partial charge in [-0.3, -0.25) is 19.3 Å². The zero-order valence-electron chi connectivity index (χ0n) is 18.3. The number of ether oxygens (including phenoxy) is 2. The quantitative estimate of drug-likeness (QED) is 0.639. The highest BCUT2D eigenvalue weighted by Crippen LogP contribution is 2.40. The van der Waals surface area contributed by atoms with Gasteiger partial charge >= 0.3 is 6.03 Å². The van der Waals surface area contributed by atoms with E-state index in [-0.39, 0.29) is 19.6 Å². The van der Waals surface area contributed by atoms with Gasteiger partial charge in [-0.1, -0.05) is 24.3 Å². The molecule has 2 aromatic rings. The van der Waals surface area contributed by atoms with Crippen LogP contribution >= 0.6 is 0 Å². The van der Waals surface area contributed by atoms with E-state index >= 15 is 0 Å². The predicted molar refractivity (Wildman–Crippen MR) is 118 cm³/mol. The van der Waals surface area contributed by atoms with E-state index in [1.807, 2.05) is 0 Å². The number of amides is 5. The van der Waals surface area contributed by atoms with Crippen molar-refractivity contribution >= 4 is 29.4 Å². The van der Waals surface area contributed by atoms with Crippen LogP contribution in [0.3, 0.4) is 0 Å². The van der Waals surface area contributed by atoms with E-state index in [2.05, 4.69) is 10.6 Å². The predicted octanol–water partition coefficient (Wildman–Crippen LogP) is 1.32. The van der Waals surface area contributed by atoms with E-state index in [1.165, 1.54) is 19.1 Å². The van der Waals surface area contributed by atoms with Crippen molar-refractivity contribution in [3.05, 3.63) is 54.1 Å². The van der Waals surface area contributed by atoms with Gasteiger partial charge in [0.2, 0.25) is 11.8 Å². The number of methoxy groups -OCH3 is 1. The Morgan fingerprint density at radius 1 is 1.21 bits per heavy atom. The fraction of sp³-hybridized carbons (Fsp3) is 0.304. The van der Waals surface area contributed by atoms with Crippen molar-refractivity contribution in [2.45, 2.75) is 12.0 Å². The van der Waals surface area contributed by atoms with Crippen LogP contribution in [0, 0.1) is 0 Å². The minimum Gasteiger partial charge on any atom is -0.497 e. The number of carbonyl (C=O) groups excluding carboxylic acids is 4. The minimum absolute atomic E-state index is 0.249. The Labute approximate surface area is 190 Å². The fourth-order valence-electron chi connectivity index (χ4n) is 3.98. The number of nitrogens with zero attached hydrogens (tertiary/aromatic N) is 2. The number of para-hydroxylation sites is 1. The molecule has 2 heterocycles. The molecule has 1 atom stereocenters. The van der Waals surface area contributed by atoms with Gasteiger partial charge in [0.1, 0.15) is 18.0 Å². The topological polar surface area (TPSA) is 117 Å². The molecule has 5 amide bonds. The number of rotatable bonds is 6. The van der Waals surface area contributed by atoms with Crippen molar-refractivity contribution in [3.8, 4) is 11.5 Å². The van der Waals surface area contributed by atoms with Crippen LogP contribution in [0.4, 0.5) is 10.5 Å². The number of anilines is 1. The summed E-state index contributed by atoms with van der Waals surface area (Å²) in [6.07, 6.45) is 0.262. The molecule has 1 fully saturated rings. The van der Waals surface area contributed by atoms with Gasteiger partial charge in [0.05, 0.1) is 20.3 Å². The SMILES string of the molecule is COc1cccc(NC(=O)CN(C)C(=O)CN2C(=O)NC3(CCOc4ccccc43)C2=O)c1. The maximum Gasteiger partial charge on any atom is 0.325 e. The zero-order valence-corrected chi connectivity index (χ0v) is 18.3. The lowest BCUT2D eigenvalue weighted by atomic mass is 9.84. The van der Waals surface area contributed by atoms with E-state index < -0.39 is 35.8 Å². The molecule has 0 aliphatic carbocycles. The van der Waals surface area contributed by atoms with E-state index in [0.29, 0.717) is 22.7 Å². The summed E-state index contributed by atoms with van der Waals surface area (Å²) < 4.78 is 10.7. The molecule has 33 heavy (non-hydrogen) atoms. The number of imide groups is 1. The maximum absolute atomic E-state index is 13.3. The van der Waals surface area contributed by atoms with Gasteiger partial charge in [0.25, 0.3) is 5.91 Å².